The molecule has 0 aromatic heterocycles. The molecule has 1 unspecified atom stereocenters. The van der Waals surface area contributed by atoms with Crippen molar-refractivity contribution >= 4 is 0 Å². The lowest BCUT2D eigenvalue weighted by Gasteiger charge is -2.18. The highest BCUT2D eigenvalue weighted by atomic mass is 14.9. The van der Waals surface area contributed by atoms with E-state index in [1.165, 1.54) is 35.2 Å². The van der Waals surface area contributed by atoms with Crippen LogP contribution in [0.4, 0.5) is 0 Å². The summed E-state index contributed by atoms with van der Waals surface area (Å²) in [7, 11) is 0. The molecule has 0 radical (unpaired) electrons. The number of hydrogen-bond donors (Lipinski definition) is 1. The minimum Gasteiger partial charge on any atom is -0.316 e. The number of benzene rings is 1. The van der Waals surface area contributed by atoms with Crippen molar-refractivity contribution in [3.8, 4) is 0 Å². The monoisotopic (exact) mass is 203 g/mol. The van der Waals surface area contributed by atoms with Gasteiger partial charge < -0.3 is 5.32 Å². The number of rotatable bonds is 1. The van der Waals surface area contributed by atoms with Crippen LogP contribution in [0.3, 0.4) is 0 Å². The molecule has 0 spiro atoms. The quantitative estimate of drug-likeness (QED) is 0.740. The lowest BCUT2D eigenvalue weighted by Crippen LogP contribution is -2.10. The molecule has 1 N–H and O–H groups in total. The Morgan fingerprint density at radius 1 is 1.07 bits per heavy atom. The Bertz CT molecular complexity index is 373. The van der Waals surface area contributed by atoms with Gasteiger partial charge in [-0.3, -0.25) is 0 Å². The fraction of sp³-hybridized carbons (Fsp3) is 0.571. The Hall–Kier alpha value is -0.820. The smallest absolute Gasteiger partial charge is 0.00207 e. The first-order valence-corrected chi connectivity index (χ1v) is 5.89. The normalized spacial score (nSPS) is 20.9. The van der Waals surface area contributed by atoms with Gasteiger partial charge in [-0.1, -0.05) is 6.07 Å². The Morgan fingerprint density at radius 3 is 2.40 bits per heavy atom. The average Bonchev–Trinajstić information content (AvgIpc) is 2.73. The van der Waals surface area contributed by atoms with Gasteiger partial charge in [0.15, 0.2) is 0 Å². The molecule has 1 atom stereocenters. The van der Waals surface area contributed by atoms with E-state index in [1.54, 1.807) is 5.56 Å². The molecule has 0 amide bonds. The molecule has 1 heteroatoms. The van der Waals surface area contributed by atoms with Gasteiger partial charge >= 0.3 is 0 Å². The number of aryl methyl sites for hydroxylation is 1. The summed E-state index contributed by atoms with van der Waals surface area (Å²) in [6, 6.07) is 2.40. The van der Waals surface area contributed by atoms with Crippen LogP contribution in [0.1, 0.15) is 40.2 Å². The zero-order chi connectivity index (χ0) is 11.0. The predicted molar refractivity (Wildman–Crippen MR) is 65.6 cm³/mol. The van der Waals surface area contributed by atoms with E-state index in [-0.39, 0.29) is 0 Å². The van der Waals surface area contributed by atoms with Crippen molar-refractivity contribution in [1.82, 2.24) is 5.32 Å². The molecule has 2 rings (SSSR count). The van der Waals surface area contributed by atoms with Gasteiger partial charge in [-0.05, 0) is 74.4 Å². The lowest BCUT2D eigenvalue weighted by atomic mass is 9.87. The van der Waals surface area contributed by atoms with Gasteiger partial charge in [0.25, 0.3) is 0 Å². The summed E-state index contributed by atoms with van der Waals surface area (Å²) >= 11 is 0. The molecule has 1 heterocycles. The van der Waals surface area contributed by atoms with Crippen molar-refractivity contribution < 1.29 is 0 Å². The molecule has 0 bridgehead atoms. The van der Waals surface area contributed by atoms with Gasteiger partial charge in [-0.2, -0.15) is 0 Å². The molecular weight excluding hydrogens is 182 g/mol. The van der Waals surface area contributed by atoms with Crippen molar-refractivity contribution in [2.75, 3.05) is 13.1 Å². The van der Waals surface area contributed by atoms with Crippen LogP contribution in [-0.2, 0) is 0 Å². The highest BCUT2D eigenvalue weighted by Crippen LogP contribution is 2.30. The number of hydrogen-bond acceptors (Lipinski definition) is 1. The van der Waals surface area contributed by atoms with Crippen molar-refractivity contribution in [3.63, 3.8) is 0 Å². The fourth-order valence-electron chi connectivity index (χ4n) is 2.59. The summed E-state index contributed by atoms with van der Waals surface area (Å²) in [5.74, 6) is 0.739. The fourth-order valence-corrected chi connectivity index (χ4v) is 2.59. The highest BCUT2D eigenvalue weighted by molar-refractivity contribution is 5.45. The largest absolute Gasteiger partial charge is 0.316 e. The van der Waals surface area contributed by atoms with Crippen LogP contribution < -0.4 is 5.32 Å². The third kappa shape index (κ3) is 1.81. The van der Waals surface area contributed by atoms with Crippen molar-refractivity contribution in [1.29, 1.82) is 0 Å². The number of nitrogens with one attached hydrogen (secondary N) is 1. The van der Waals surface area contributed by atoms with Gasteiger partial charge in [-0.25, -0.2) is 0 Å². The topological polar surface area (TPSA) is 12.0 Å². The van der Waals surface area contributed by atoms with E-state index in [9.17, 15) is 0 Å². The molecule has 0 saturated carbocycles. The Kier molecular flexibility index (Phi) is 2.83. The van der Waals surface area contributed by atoms with Crippen LogP contribution in [0.15, 0.2) is 6.07 Å². The molecule has 1 nitrogen and oxygen atoms in total. The third-order valence-corrected chi connectivity index (χ3v) is 4.02. The molecule has 1 saturated heterocycles. The molecule has 1 aromatic carbocycles. The molecular formula is C14H21N. The van der Waals surface area contributed by atoms with Crippen LogP contribution >= 0.6 is 0 Å². The van der Waals surface area contributed by atoms with E-state index in [0.29, 0.717) is 0 Å². The van der Waals surface area contributed by atoms with Crippen molar-refractivity contribution in [2.24, 2.45) is 0 Å². The maximum absolute atomic E-state index is 3.45. The summed E-state index contributed by atoms with van der Waals surface area (Å²) < 4.78 is 0. The SMILES string of the molecule is Cc1cc(C2CCNC2)c(C)c(C)c1C. The van der Waals surface area contributed by atoms with E-state index >= 15 is 0 Å². The summed E-state index contributed by atoms with van der Waals surface area (Å²) in [6.07, 6.45) is 1.29. The Labute approximate surface area is 92.9 Å². The predicted octanol–water partition coefficient (Wildman–Crippen LogP) is 3.00. The molecule has 0 aliphatic carbocycles. The maximum atomic E-state index is 3.45. The van der Waals surface area contributed by atoms with E-state index < -0.39 is 0 Å². The Morgan fingerprint density at radius 2 is 1.80 bits per heavy atom. The average molecular weight is 203 g/mol. The summed E-state index contributed by atoms with van der Waals surface area (Å²) in [5.41, 5.74) is 7.46. The highest BCUT2D eigenvalue weighted by Gasteiger charge is 2.20. The van der Waals surface area contributed by atoms with Gasteiger partial charge in [0.05, 0.1) is 0 Å². The lowest BCUT2D eigenvalue weighted by molar-refractivity contribution is 0.754. The van der Waals surface area contributed by atoms with Crippen molar-refractivity contribution in [3.05, 3.63) is 33.9 Å². The van der Waals surface area contributed by atoms with Crippen LogP contribution in [0, 0.1) is 27.7 Å². The summed E-state index contributed by atoms with van der Waals surface area (Å²) in [5, 5.41) is 3.45. The molecule has 1 fully saturated rings. The van der Waals surface area contributed by atoms with Crippen LogP contribution in [-0.4, -0.2) is 13.1 Å². The Balaban J connectivity index is 2.47. The van der Waals surface area contributed by atoms with Crippen molar-refractivity contribution in [2.45, 2.75) is 40.0 Å². The van der Waals surface area contributed by atoms with E-state index in [1.807, 2.05) is 0 Å². The second-order valence-electron chi connectivity index (χ2n) is 4.85. The molecule has 15 heavy (non-hydrogen) atoms. The zero-order valence-corrected chi connectivity index (χ0v) is 10.3. The van der Waals surface area contributed by atoms with Gasteiger partial charge in [0.2, 0.25) is 0 Å². The first kappa shape index (κ1) is 10.7. The van der Waals surface area contributed by atoms with E-state index in [4.69, 9.17) is 0 Å². The third-order valence-electron chi connectivity index (χ3n) is 4.02. The van der Waals surface area contributed by atoms with Gasteiger partial charge in [0, 0.05) is 6.54 Å². The molecule has 1 aromatic rings. The first-order chi connectivity index (χ1) is 7.11. The minimum absolute atomic E-state index is 0.739. The second kappa shape index (κ2) is 3.97. The van der Waals surface area contributed by atoms with Crippen LogP contribution in [0.25, 0.3) is 0 Å². The summed E-state index contributed by atoms with van der Waals surface area (Å²) in [4.78, 5) is 0. The molecule has 1 aliphatic rings. The molecule has 1 aliphatic heterocycles. The second-order valence-corrected chi connectivity index (χ2v) is 4.85. The zero-order valence-electron chi connectivity index (χ0n) is 10.3. The van der Waals surface area contributed by atoms with E-state index in [0.717, 1.165) is 12.5 Å². The first-order valence-electron chi connectivity index (χ1n) is 5.89. The van der Waals surface area contributed by atoms with E-state index in [2.05, 4.69) is 39.1 Å². The van der Waals surface area contributed by atoms with Crippen LogP contribution in [0.5, 0.6) is 0 Å². The molecule has 82 valence electrons. The minimum atomic E-state index is 0.739. The van der Waals surface area contributed by atoms with Gasteiger partial charge in [0.1, 0.15) is 0 Å². The van der Waals surface area contributed by atoms with Crippen LogP contribution in [0.2, 0.25) is 0 Å². The summed E-state index contributed by atoms with van der Waals surface area (Å²) in [6.45, 7) is 11.3. The van der Waals surface area contributed by atoms with Gasteiger partial charge in [-0.15, -0.1) is 0 Å². The standard InChI is InChI=1S/C14H21N/c1-9-7-14(13-5-6-15-8-13)12(4)11(3)10(9)2/h7,13,15H,5-6,8H2,1-4H3. The maximum Gasteiger partial charge on any atom is 0.00207 e.